The highest BCUT2D eigenvalue weighted by molar-refractivity contribution is 8.76. The zero-order valence-electron chi connectivity index (χ0n) is 41.8. The minimum atomic E-state index is -1.86. The number of amides is 4. The van der Waals surface area contributed by atoms with Crippen LogP contribution in [-0.2, 0) is 49.3 Å². The molecule has 21 heteroatoms. The molecule has 0 radical (unpaired) electrons. The van der Waals surface area contributed by atoms with E-state index >= 15 is 0 Å². The van der Waals surface area contributed by atoms with Crippen molar-refractivity contribution in [3.05, 3.63) is 46.5 Å². The van der Waals surface area contributed by atoms with E-state index in [0.29, 0.717) is 43.9 Å². The van der Waals surface area contributed by atoms with Gasteiger partial charge in [-0.1, -0.05) is 77.8 Å². The summed E-state index contributed by atoms with van der Waals surface area (Å²) in [5, 5.41) is 17.4. The molecule has 3 heterocycles. The van der Waals surface area contributed by atoms with Crippen molar-refractivity contribution in [3.8, 4) is 5.75 Å². The average Bonchev–Trinajstić information content (AvgIpc) is 4.00. The van der Waals surface area contributed by atoms with E-state index in [1.54, 1.807) is 66.8 Å². The number of anilines is 1. The molecule has 3 aliphatic heterocycles. The van der Waals surface area contributed by atoms with Crippen LogP contribution in [0.5, 0.6) is 5.75 Å². The molecule has 386 valence electrons. The number of nitrogens with one attached hydrogen (secondary N) is 2. The molecule has 17 nitrogen and oxygen atoms in total. The van der Waals surface area contributed by atoms with Gasteiger partial charge in [0.2, 0.25) is 11.8 Å². The number of carbonyl (C=O) groups is 6. The molecule has 0 aliphatic carbocycles. The molecule has 0 spiro atoms. The monoisotopic (exact) mass is 1040 g/mol. The van der Waals surface area contributed by atoms with Crippen LogP contribution in [0.15, 0.2) is 35.9 Å². The third kappa shape index (κ3) is 16.2. The standard InChI is InChI=1S/C48H71ClN4O13S3/c1-28-15-13-17-37(62-11)48(60)25-36(64-45(59)51-48)30(3)42-47(7,66-42)38(24-40(56)53(9)34-22-32(21-28)23-35(61-10)41(34)49)65-43(57)31(4)52(8)39(55)18-19-46(5,6)68-27-33(54)16-14-20-50-44(58)63-26-29(2)69-67-12/h13,15,17,22-23,29-31,36-38,42,60H,14,16,18-21,24-27H2,1-12H3,(H,50,58)(H,51,59)/b17-13+,28-15+/t29-,30+,31-,36-,37+,38-,42-,47+,48-/m0/s1. The molecule has 69 heavy (non-hydrogen) atoms. The lowest BCUT2D eigenvalue weighted by Gasteiger charge is -2.42. The van der Waals surface area contributed by atoms with Crippen LogP contribution in [0, 0.1) is 5.92 Å². The second kappa shape index (κ2) is 25.6. The summed E-state index contributed by atoms with van der Waals surface area (Å²) in [5.41, 5.74) is -1.08. The van der Waals surface area contributed by atoms with Crippen LogP contribution in [0.4, 0.5) is 15.3 Å². The first-order valence-corrected chi connectivity index (χ1v) is 27.0. The topological polar surface area (TPSA) is 212 Å². The number of methoxy groups -OCH3 is 2. The number of hydrogen-bond acceptors (Lipinski definition) is 16. The van der Waals surface area contributed by atoms with Crippen molar-refractivity contribution in [2.75, 3.05) is 58.4 Å². The molecule has 4 bridgehead atoms. The normalized spacial score (nSPS) is 27.2. The van der Waals surface area contributed by atoms with Gasteiger partial charge in [-0.3, -0.25) is 19.7 Å². The van der Waals surface area contributed by atoms with Crippen molar-refractivity contribution < 1.29 is 62.3 Å². The molecule has 0 unspecified atom stereocenters. The largest absolute Gasteiger partial charge is 0.495 e. The quantitative estimate of drug-likeness (QED) is 0.0408. The number of nitrogens with zero attached hydrogens (tertiary/aromatic N) is 2. The summed E-state index contributed by atoms with van der Waals surface area (Å²) < 4.78 is 34.2. The number of benzene rings is 1. The van der Waals surface area contributed by atoms with Gasteiger partial charge in [-0.25, -0.2) is 14.4 Å². The van der Waals surface area contributed by atoms with E-state index in [0.717, 1.165) is 11.1 Å². The molecule has 3 N–H and O–H groups in total. The molecule has 0 aromatic heterocycles. The van der Waals surface area contributed by atoms with Gasteiger partial charge in [0.15, 0.2) is 5.72 Å². The summed E-state index contributed by atoms with van der Waals surface area (Å²) in [6.45, 7) is 13.4. The molecule has 9 atom stereocenters. The predicted molar refractivity (Wildman–Crippen MR) is 271 cm³/mol. The van der Waals surface area contributed by atoms with Crippen molar-refractivity contribution in [3.63, 3.8) is 0 Å². The van der Waals surface area contributed by atoms with Gasteiger partial charge in [0.25, 0.3) is 0 Å². The summed E-state index contributed by atoms with van der Waals surface area (Å²) in [6, 6.07) is 2.49. The summed E-state index contributed by atoms with van der Waals surface area (Å²) in [5.74, 6) is -1.54. The number of esters is 1. The molecule has 1 aromatic rings. The predicted octanol–water partition coefficient (Wildman–Crippen LogP) is 7.28. The number of ether oxygens (including phenoxy) is 6. The first-order chi connectivity index (χ1) is 32.4. The zero-order valence-corrected chi connectivity index (χ0v) is 45.0. The zero-order chi connectivity index (χ0) is 51.4. The maximum atomic E-state index is 14.3. The maximum Gasteiger partial charge on any atom is 0.409 e. The van der Waals surface area contributed by atoms with E-state index in [1.165, 1.54) is 49.8 Å². The Morgan fingerprint density at radius 3 is 2.54 bits per heavy atom. The van der Waals surface area contributed by atoms with Gasteiger partial charge in [-0.05, 0) is 70.9 Å². The summed E-state index contributed by atoms with van der Waals surface area (Å²) in [7, 11) is 9.20. The second-order valence-corrected chi connectivity index (χ2v) is 23.7. The molecule has 1 aromatic carbocycles. The van der Waals surface area contributed by atoms with E-state index < -0.39 is 76.5 Å². The average molecular weight is 1040 g/mol. The number of Topliss-reactive ketones (excluding diaryl/α,β-unsaturated/α-hetero) is 1. The molecule has 2 saturated heterocycles. The number of likely N-dealkylation sites (N-methyl/N-ethyl adjacent to an activating group) is 1. The highest BCUT2D eigenvalue weighted by Gasteiger charge is 2.64. The fraction of sp³-hybridized carbons (Fsp3) is 0.667. The molecule has 2 fully saturated rings. The van der Waals surface area contributed by atoms with E-state index in [9.17, 15) is 33.9 Å². The van der Waals surface area contributed by atoms with Crippen molar-refractivity contribution >= 4 is 86.4 Å². The van der Waals surface area contributed by atoms with E-state index in [-0.39, 0.29) is 53.4 Å². The minimum absolute atomic E-state index is 0.0203. The molecule has 0 saturated carbocycles. The number of aliphatic hydroxyl groups is 1. The van der Waals surface area contributed by atoms with Crippen LogP contribution in [0.1, 0.15) is 92.6 Å². The summed E-state index contributed by atoms with van der Waals surface area (Å²) in [4.78, 5) is 82.4. The molecular formula is C48H71ClN4O13S3. The number of thioether (sulfide) groups is 1. The lowest BCUT2D eigenvalue weighted by Crippen LogP contribution is -2.63. The van der Waals surface area contributed by atoms with Crippen molar-refractivity contribution in [2.24, 2.45) is 5.92 Å². The Hall–Kier alpha value is -3.66. The number of allylic oxidation sites excluding steroid dienone is 3. The van der Waals surface area contributed by atoms with Gasteiger partial charge < -0.3 is 48.6 Å². The Morgan fingerprint density at radius 2 is 1.87 bits per heavy atom. The van der Waals surface area contributed by atoms with Gasteiger partial charge in [0.1, 0.15) is 53.1 Å². The highest BCUT2D eigenvalue weighted by Crippen LogP contribution is 2.49. The van der Waals surface area contributed by atoms with E-state index in [2.05, 4.69) is 10.6 Å². The molecule has 4 amide bonds. The SMILES string of the molecule is COc1cc2cc(c1Cl)N(C)C(=O)C[C@H](OC(=O)[C@H](C)N(C)C(=O)CCC(C)(C)SCC(=O)CCCNC(=O)OC[C@H](C)SSC)[C@@]1(C)O[C@H]1[C@H](C)[C@@H]1C[C@@](O)(NC(=O)O1)[C@H](OC)/C=C/C=C(\C)C2. The summed E-state index contributed by atoms with van der Waals surface area (Å²) >= 11 is 8.25. The Labute approximate surface area is 423 Å². The Kier molecular flexibility index (Phi) is 21.5. The number of alkyl carbamates (subject to hydrolysis) is 2. The first-order valence-electron chi connectivity index (χ1n) is 23.0. The maximum absolute atomic E-state index is 14.3. The van der Waals surface area contributed by atoms with Gasteiger partial charge in [0, 0.05) is 62.9 Å². The lowest BCUT2D eigenvalue weighted by molar-refractivity contribution is -0.162. The number of ketones is 1. The number of hydrogen-bond donors (Lipinski definition) is 3. The van der Waals surface area contributed by atoms with Crippen LogP contribution in [-0.4, -0.2) is 151 Å². The Bertz CT molecular complexity index is 2080. The Morgan fingerprint density at radius 1 is 1.16 bits per heavy atom. The van der Waals surface area contributed by atoms with Gasteiger partial charge in [-0.2, -0.15) is 0 Å². The summed E-state index contributed by atoms with van der Waals surface area (Å²) in [6.07, 6.45) is 3.30. The van der Waals surface area contributed by atoms with Crippen LogP contribution in [0.2, 0.25) is 5.02 Å². The second-order valence-electron chi connectivity index (χ2n) is 18.7. The fourth-order valence-corrected chi connectivity index (χ4v) is 11.0. The van der Waals surface area contributed by atoms with Crippen molar-refractivity contribution in [1.29, 1.82) is 0 Å². The van der Waals surface area contributed by atoms with Crippen LogP contribution < -0.4 is 20.3 Å². The number of epoxide rings is 1. The lowest BCUT2D eigenvalue weighted by atomic mass is 9.83. The number of fused-ring (bicyclic) bond motifs is 5. The van der Waals surface area contributed by atoms with Gasteiger partial charge in [0.05, 0.1) is 31.1 Å². The third-order valence-corrected chi connectivity index (χ3v) is 16.8. The highest BCUT2D eigenvalue weighted by atomic mass is 35.5. The van der Waals surface area contributed by atoms with E-state index in [1.807, 2.05) is 40.0 Å². The van der Waals surface area contributed by atoms with Crippen LogP contribution >= 0.6 is 45.0 Å². The number of carbonyl (C=O) groups excluding carboxylic acids is 6. The molecular weight excluding hydrogens is 972 g/mol. The Balaban J connectivity index is 1.47. The molecule has 3 aliphatic rings. The first kappa shape index (κ1) is 57.9. The van der Waals surface area contributed by atoms with Crippen molar-refractivity contribution in [2.45, 2.75) is 145 Å². The molecule has 4 rings (SSSR count). The van der Waals surface area contributed by atoms with Crippen LogP contribution in [0.3, 0.4) is 0 Å². The van der Waals surface area contributed by atoms with Gasteiger partial charge >= 0.3 is 18.2 Å². The van der Waals surface area contributed by atoms with Crippen molar-refractivity contribution in [1.82, 2.24) is 15.5 Å². The smallest absolute Gasteiger partial charge is 0.409 e. The third-order valence-electron chi connectivity index (χ3n) is 12.7. The van der Waals surface area contributed by atoms with E-state index in [4.69, 9.17) is 40.0 Å². The van der Waals surface area contributed by atoms with Gasteiger partial charge in [-0.15, -0.1) is 11.8 Å². The van der Waals surface area contributed by atoms with Crippen LogP contribution in [0.25, 0.3) is 0 Å². The fourth-order valence-electron chi connectivity index (χ4n) is 8.13. The number of halogens is 1. The number of rotatable bonds is 19. The minimum Gasteiger partial charge on any atom is -0.495 e.